The number of rotatable bonds is 10. The van der Waals surface area contributed by atoms with Crippen LogP contribution in [0.5, 0.6) is 0 Å². The van der Waals surface area contributed by atoms with Crippen LogP contribution in [-0.2, 0) is 23.9 Å². The first-order chi connectivity index (χ1) is 21.9. The largest absolute Gasteiger partial charge is 0.527 e. The molecule has 2 amide bonds. The number of esters is 1. The maximum Gasteiger partial charge on any atom is 0.527 e. The van der Waals surface area contributed by atoms with E-state index in [-0.39, 0.29) is 63.3 Å². The lowest BCUT2D eigenvalue weighted by Gasteiger charge is -2.35. The van der Waals surface area contributed by atoms with Crippen molar-refractivity contribution in [3.05, 3.63) is 42.1 Å². The molecule has 0 bridgehead atoms. The van der Waals surface area contributed by atoms with Crippen molar-refractivity contribution >= 4 is 29.8 Å². The number of benzene rings is 1. The average Bonchev–Trinajstić information content (AvgIpc) is 3.03. The molecule has 0 unspecified atom stereocenters. The molecule has 2 fully saturated rings. The highest BCUT2D eigenvalue weighted by Crippen LogP contribution is 2.24. The summed E-state index contributed by atoms with van der Waals surface area (Å²) in [5, 5.41) is 14.3. The van der Waals surface area contributed by atoms with Crippen molar-refractivity contribution < 1.29 is 38.6 Å². The van der Waals surface area contributed by atoms with Gasteiger partial charge in [0.2, 0.25) is 5.91 Å². The zero-order valence-corrected chi connectivity index (χ0v) is 26.9. The molecule has 2 aliphatic heterocycles. The second-order valence-corrected chi connectivity index (χ2v) is 12.2. The zero-order valence-electron chi connectivity index (χ0n) is 26.9. The topological polar surface area (TPSA) is 164 Å². The third kappa shape index (κ3) is 10.1. The third-order valence-electron chi connectivity index (χ3n) is 7.44. The monoisotopic (exact) mass is 640 g/mol. The van der Waals surface area contributed by atoms with E-state index in [0.29, 0.717) is 37.6 Å². The van der Waals surface area contributed by atoms with Gasteiger partial charge in [0.1, 0.15) is 23.2 Å². The molecule has 46 heavy (non-hydrogen) atoms. The highest BCUT2D eigenvalue weighted by Gasteiger charge is 2.32. The summed E-state index contributed by atoms with van der Waals surface area (Å²) >= 11 is 0. The number of hydrogen-bond donors (Lipinski definition) is 2. The van der Waals surface area contributed by atoms with E-state index >= 15 is 0 Å². The van der Waals surface area contributed by atoms with Crippen molar-refractivity contribution in [1.82, 2.24) is 25.2 Å². The van der Waals surface area contributed by atoms with Crippen LogP contribution in [0.1, 0.15) is 63.9 Å². The van der Waals surface area contributed by atoms with Crippen LogP contribution in [0.4, 0.5) is 10.6 Å². The highest BCUT2D eigenvalue weighted by molar-refractivity contribution is 5.97. The number of aromatic nitrogens is 2. The minimum atomic E-state index is -1.05. The van der Waals surface area contributed by atoms with E-state index in [2.05, 4.69) is 10.3 Å². The Balaban J connectivity index is 1.54. The van der Waals surface area contributed by atoms with Crippen LogP contribution in [0.25, 0.3) is 11.4 Å². The Bertz CT molecular complexity index is 1350. The summed E-state index contributed by atoms with van der Waals surface area (Å²) in [6, 6.07) is 9.80. The number of ether oxygens (including phenoxy) is 2. The van der Waals surface area contributed by atoms with E-state index in [1.54, 1.807) is 38.7 Å². The number of piperazine rings is 1. The summed E-state index contributed by atoms with van der Waals surface area (Å²) in [4.78, 5) is 69.9. The van der Waals surface area contributed by atoms with Gasteiger partial charge < -0.3 is 34.5 Å². The number of nitrogens with zero attached hydrogens (tertiary/aromatic N) is 5. The van der Waals surface area contributed by atoms with Gasteiger partial charge in [-0.25, -0.2) is 14.8 Å². The number of piperidine rings is 1. The molecule has 3 heterocycles. The van der Waals surface area contributed by atoms with Crippen molar-refractivity contribution in [2.45, 2.75) is 71.1 Å². The van der Waals surface area contributed by atoms with Crippen LogP contribution in [0, 0.1) is 0 Å². The Kier molecular flexibility index (Phi) is 11.9. The van der Waals surface area contributed by atoms with Crippen LogP contribution >= 0.6 is 0 Å². The molecule has 4 rings (SSSR count). The summed E-state index contributed by atoms with van der Waals surface area (Å²) in [7, 11) is 0. The first-order valence-electron chi connectivity index (χ1n) is 15.7. The minimum absolute atomic E-state index is 0.00647. The van der Waals surface area contributed by atoms with Gasteiger partial charge in [-0.05, 0) is 47.0 Å². The number of nitrogens with one attached hydrogen (secondary N) is 1. The number of hydrogen-bond acceptors (Lipinski definition) is 12. The number of aliphatic hydroxyl groups is 1. The van der Waals surface area contributed by atoms with Gasteiger partial charge in [0.15, 0.2) is 5.82 Å². The molecule has 0 saturated carbocycles. The maximum absolute atomic E-state index is 13.8. The normalized spacial score (nSPS) is 16.8. The zero-order chi connectivity index (χ0) is 33.3. The number of hydroxylamine groups is 2. The molecule has 250 valence electrons. The Labute approximate surface area is 269 Å². The number of anilines is 1. The lowest BCUT2D eigenvalue weighted by molar-refractivity contribution is -0.158. The van der Waals surface area contributed by atoms with Crippen molar-refractivity contribution in [3.8, 4) is 11.4 Å². The average molecular weight is 641 g/mol. The van der Waals surface area contributed by atoms with E-state index in [4.69, 9.17) is 19.3 Å². The summed E-state index contributed by atoms with van der Waals surface area (Å²) in [6.45, 7) is 9.21. The number of aliphatic hydroxyl groups excluding tert-OH is 1. The van der Waals surface area contributed by atoms with Crippen molar-refractivity contribution in [2.24, 2.45) is 0 Å². The van der Waals surface area contributed by atoms with E-state index < -0.39 is 29.7 Å². The van der Waals surface area contributed by atoms with Gasteiger partial charge >= 0.3 is 12.1 Å². The predicted molar refractivity (Wildman–Crippen MR) is 168 cm³/mol. The molecule has 0 spiro atoms. The molecule has 0 radical (unpaired) electrons. The molecule has 2 N–H and O–H groups in total. The molecular formula is C32H44N6O8. The summed E-state index contributed by atoms with van der Waals surface area (Å²) in [5.74, 6) is -0.570. The summed E-state index contributed by atoms with van der Waals surface area (Å²) < 4.78 is 10.3. The fourth-order valence-corrected chi connectivity index (χ4v) is 5.14. The smallest absolute Gasteiger partial charge is 0.460 e. The van der Waals surface area contributed by atoms with Gasteiger partial charge in [-0.2, -0.15) is 0 Å². The van der Waals surface area contributed by atoms with Crippen LogP contribution in [-0.4, -0.2) is 113 Å². The van der Waals surface area contributed by atoms with Crippen LogP contribution in [0.3, 0.4) is 0 Å². The molecule has 1 atom stereocenters. The molecule has 14 heteroatoms. The third-order valence-corrected chi connectivity index (χ3v) is 7.44. The van der Waals surface area contributed by atoms with Gasteiger partial charge in [0, 0.05) is 44.2 Å². The number of amides is 2. The lowest BCUT2D eigenvalue weighted by Crippen LogP contribution is -2.55. The Hall–Kier alpha value is -4.30. The van der Waals surface area contributed by atoms with Gasteiger partial charge in [0.05, 0.1) is 25.8 Å². The van der Waals surface area contributed by atoms with Crippen LogP contribution < -0.4 is 10.2 Å². The Morgan fingerprint density at radius 3 is 2.30 bits per heavy atom. The highest BCUT2D eigenvalue weighted by atomic mass is 16.8. The van der Waals surface area contributed by atoms with Crippen LogP contribution in [0.2, 0.25) is 0 Å². The first-order valence-corrected chi connectivity index (χ1v) is 15.7. The van der Waals surface area contributed by atoms with Gasteiger partial charge in [-0.1, -0.05) is 30.3 Å². The summed E-state index contributed by atoms with van der Waals surface area (Å²) in [5.41, 5.74) is 0.0822. The summed E-state index contributed by atoms with van der Waals surface area (Å²) in [6.07, 6.45) is -0.140. The van der Waals surface area contributed by atoms with Gasteiger partial charge in [-0.3, -0.25) is 14.4 Å². The van der Waals surface area contributed by atoms with E-state index in [1.165, 1.54) is 5.06 Å². The second kappa shape index (κ2) is 15.8. The predicted octanol–water partition coefficient (Wildman–Crippen LogP) is 2.56. The quantitative estimate of drug-likeness (QED) is 0.366. The molecule has 0 aliphatic carbocycles. The lowest BCUT2D eigenvalue weighted by atomic mass is 10.1. The molecule has 2 saturated heterocycles. The first kappa shape index (κ1) is 34.6. The Morgan fingerprint density at radius 1 is 1.00 bits per heavy atom. The van der Waals surface area contributed by atoms with Crippen molar-refractivity contribution in [2.75, 3.05) is 50.8 Å². The van der Waals surface area contributed by atoms with E-state index in [9.17, 15) is 24.3 Å². The number of carbonyl (C=O) groups excluding carboxylic acids is 4. The molecule has 1 aromatic heterocycles. The van der Waals surface area contributed by atoms with Crippen molar-refractivity contribution in [3.63, 3.8) is 0 Å². The van der Waals surface area contributed by atoms with Crippen molar-refractivity contribution in [1.29, 1.82) is 0 Å². The number of carbonyl (C=O) groups is 4. The molecule has 2 aliphatic rings. The second-order valence-electron chi connectivity index (χ2n) is 12.2. The maximum atomic E-state index is 13.8. The fraction of sp³-hybridized carbons (Fsp3) is 0.562. The fourth-order valence-electron chi connectivity index (χ4n) is 5.14. The molecule has 2 aromatic rings. The van der Waals surface area contributed by atoms with Gasteiger partial charge in [-0.15, -0.1) is 5.06 Å². The van der Waals surface area contributed by atoms with Crippen LogP contribution in [0.15, 0.2) is 36.4 Å². The van der Waals surface area contributed by atoms with E-state index in [0.717, 1.165) is 5.56 Å². The Morgan fingerprint density at radius 2 is 1.67 bits per heavy atom. The molecule has 14 nitrogen and oxygen atoms in total. The molecular weight excluding hydrogens is 596 g/mol. The standard InChI is InChI=1S/C32H44N6O8/c1-5-44-31(43)46-38-19-17-37(18-20-38)30(42)24(11-12-27(40)45-32(2,3)4)34-29(41)25-21-26(36-15-13-23(39)14-16-36)35-28(33-25)22-9-7-6-8-10-22/h6-10,21,23-24,39H,5,11-20H2,1-4H3,(H,34,41)/t24-/m0/s1. The SMILES string of the molecule is CCOC(=O)ON1CCN(C(=O)[C@H](CCC(=O)OC(C)(C)C)NC(=O)c2cc(N3CCC(O)CC3)nc(-c3ccccc3)n2)CC1. The van der Waals surface area contributed by atoms with E-state index in [1.807, 2.05) is 35.2 Å². The van der Waals surface area contributed by atoms with Gasteiger partial charge in [0.25, 0.3) is 5.91 Å². The molecule has 1 aromatic carbocycles. The minimum Gasteiger partial charge on any atom is -0.460 e.